The average molecular weight is 1090 g/mol. The van der Waals surface area contributed by atoms with Crippen molar-refractivity contribution in [2.24, 2.45) is 0 Å². The Bertz CT molecular complexity index is 2290. The SMILES string of the molecule is COc1cc2c(cc1OC)[C@@H](Cc1cc(OC)c(OC)c(OC)c1)[N@+](C)(CCCOC(=O)CCCCCC(=O)OCCC[N@@+]1(C)CCc3cc(OC)c(OC)cc3[C@@H]1Cc1cc(OC)c(OC)c(OC)c1)CC2.[Cl-].[Cl-]. The lowest BCUT2D eigenvalue weighted by molar-refractivity contribution is -0.941. The van der Waals surface area contributed by atoms with Crippen LogP contribution in [0.25, 0.3) is 0 Å². The van der Waals surface area contributed by atoms with Crippen molar-refractivity contribution in [1.82, 2.24) is 0 Å². The van der Waals surface area contributed by atoms with Gasteiger partial charge in [-0.25, -0.2) is 0 Å². The van der Waals surface area contributed by atoms with Crippen LogP contribution in [0.15, 0.2) is 48.5 Å². The molecule has 2 heterocycles. The van der Waals surface area contributed by atoms with Crippen molar-refractivity contribution in [1.29, 1.82) is 0 Å². The van der Waals surface area contributed by atoms with Gasteiger partial charge in [0.15, 0.2) is 46.0 Å². The minimum atomic E-state index is -0.224. The lowest BCUT2D eigenvalue weighted by Gasteiger charge is -2.46. The van der Waals surface area contributed by atoms with Gasteiger partial charge in [0.1, 0.15) is 12.1 Å². The van der Waals surface area contributed by atoms with Crippen molar-refractivity contribution in [3.05, 3.63) is 81.9 Å². The molecule has 4 atom stereocenters. The molecular weight excluding hydrogens is 1010 g/mol. The van der Waals surface area contributed by atoms with Crippen LogP contribution in [0.3, 0.4) is 0 Å². The minimum Gasteiger partial charge on any atom is -1.00 e. The zero-order valence-corrected chi connectivity index (χ0v) is 47.7. The summed E-state index contributed by atoms with van der Waals surface area (Å²) in [5.74, 6) is 5.87. The highest BCUT2D eigenvalue weighted by Crippen LogP contribution is 2.47. The monoisotopic (exact) mass is 1090 g/mol. The van der Waals surface area contributed by atoms with Crippen molar-refractivity contribution in [3.63, 3.8) is 0 Å². The molecule has 0 bridgehead atoms. The number of rotatable bonds is 28. The Morgan fingerprint density at radius 3 is 1.05 bits per heavy atom. The van der Waals surface area contributed by atoms with E-state index in [4.69, 9.17) is 56.8 Å². The summed E-state index contributed by atoms with van der Waals surface area (Å²) in [6.45, 7) is 4.04. The highest BCUT2D eigenvalue weighted by atomic mass is 35.5. The molecule has 0 aliphatic carbocycles. The number of hydrogen-bond acceptors (Lipinski definition) is 14. The number of likely N-dealkylation sites (N-methyl/N-ethyl adjacent to an activating group) is 2. The Kier molecular flexibility index (Phi) is 23.9. The van der Waals surface area contributed by atoms with E-state index in [0.717, 1.165) is 65.5 Å². The molecule has 0 amide bonds. The minimum absolute atomic E-state index is 0. The van der Waals surface area contributed by atoms with E-state index in [-0.39, 0.29) is 48.8 Å². The normalized spacial score (nSPS) is 18.3. The molecule has 0 unspecified atom stereocenters. The number of benzene rings is 4. The molecular formula is C57H80Cl2N2O14. The van der Waals surface area contributed by atoms with Crippen molar-refractivity contribution in [2.45, 2.75) is 82.7 Å². The smallest absolute Gasteiger partial charge is 0.305 e. The predicted molar refractivity (Wildman–Crippen MR) is 278 cm³/mol. The number of ether oxygens (including phenoxy) is 12. The largest absolute Gasteiger partial charge is 1.00 e. The Morgan fingerprint density at radius 1 is 0.427 bits per heavy atom. The molecule has 0 aromatic heterocycles. The summed E-state index contributed by atoms with van der Waals surface area (Å²) in [6, 6.07) is 16.6. The summed E-state index contributed by atoms with van der Waals surface area (Å²) in [7, 11) is 20.9. The van der Waals surface area contributed by atoms with Gasteiger partial charge in [0.05, 0.1) is 125 Å². The maximum absolute atomic E-state index is 12.9. The van der Waals surface area contributed by atoms with Crippen LogP contribution < -0.4 is 72.2 Å². The third-order valence-corrected chi connectivity index (χ3v) is 15.0. The van der Waals surface area contributed by atoms with Gasteiger partial charge in [-0.3, -0.25) is 9.59 Å². The summed E-state index contributed by atoms with van der Waals surface area (Å²) >= 11 is 0. The lowest BCUT2D eigenvalue weighted by Crippen LogP contribution is -3.00. The first-order valence-electron chi connectivity index (χ1n) is 25.3. The molecule has 0 saturated heterocycles. The quantitative estimate of drug-likeness (QED) is 0.0467. The molecule has 2 aliphatic heterocycles. The maximum atomic E-state index is 12.9. The fourth-order valence-electron chi connectivity index (χ4n) is 10.9. The second-order valence-corrected chi connectivity index (χ2v) is 19.4. The van der Waals surface area contributed by atoms with Crippen LogP contribution in [0.2, 0.25) is 0 Å². The summed E-state index contributed by atoms with van der Waals surface area (Å²) in [5, 5.41) is 0. The molecule has 2 aliphatic rings. The Hall–Kier alpha value is -5.68. The summed E-state index contributed by atoms with van der Waals surface area (Å²) in [5.41, 5.74) is 6.94. The number of halogens is 2. The number of carbonyl (C=O) groups excluding carboxylic acids is 2. The first-order valence-corrected chi connectivity index (χ1v) is 25.3. The number of nitrogens with zero attached hydrogens (tertiary/aromatic N) is 2. The van der Waals surface area contributed by atoms with E-state index in [9.17, 15) is 9.59 Å². The highest BCUT2D eigenvalue weighted by molar-refractivity contribution is 5.70. The summed E-state index contributed by atoms with van der Waals surface area (Å²) in [4.78, 5) is 25.8. The van der Waals surface area contributed by atoms with E-state index in [0.29, 0.717) is 122 Å². The van der Waals surface area contributed by atoms with Gasteiger partial charge in [-0.15, -0.1) is 0 Å². The van der Waals surface area contributed by atoms with Gasteiger partial charge in [-0.1, -0.05) is 6.42 Å². The molecule has 0 N–H and O–H groups in total. The Labute approximate surface area is 457 Å². The Morgan fingerprint density at radius 2 is 0.747 bits per heavy atom. The van der Waals surface area contributed by atoms with Gasteiger partial charge in [-0.2, -0.15) is 0 Å². The zero-order valence-electron chi connectivity index (χ0n) is 46.2. The van der Waals surface area contributed by atoms with Crippen LogP contribution in [0.5, 0.6) is 57.5 Å². The van der Waals surface area contributed by atoms with E-state index in [2.05, 4.69) is 38.4 Å². The molecule has 0 spiro atoms. The number of carbonyl (C=O) groups is 2. The van der Waals surface area contributed by atoms with Gasteiger partial charge in [0, 0.05) is 62.5 Å². The van der Waals surface area contributed by atoms with Crippen LogP contribution in [0.4, 0.5) is 0 Å². The summed E-state index contributed by atoms with van der Waals surface area (Å²) < 4.78 is 69.9. The number of quaternary nitrogens is 2. The predicted octanol–water partition coefficient (Wildman–Crippen LogP) is 2.87. The van der Waals surface area contributed by atoms with E-state index in [1.165, 1.54) is 22.3 Å². The standard InChI is InChI=1S/C57H80N2O14.2ClH/c1-58(24-20-40-34-46(62-3)48(64-5)36-42(40)44(58)28-38-30-50(66-7)56(70-11)51(31-38)67-8)22-16-26-72-54(60)18-14-13-15-19-55(61)73-27-17-23-59(2)25-21-41-35-47(63-4)49(65-6)37-43(41)45(59)29-39-32-52(68-9)57(71-12)53(33-39)69-10;;/h30-37,44-45H,13-29H2,1-12H3;2*1H/q+2;;/p-2/t44-,45+,58-,59+;;. The van der Waals surface area contributed by atoms with E-state index in [1.807, 2.05) is 24.3 Å². The zero-order chi connectivity index (χ0) is 52.7. The highest BCUT2D eigenvalue weighted by Gasteiger charge is 2.42. The number of esters is 2. The van der Waals surface area contributed by atoms with Crippen molar-refractivity contribution in [2.75, 3.05) is 125 Å². The van der Waals surface area contributed by atoms with Crippen LogP contribution in [0, 0.1) is 0 Å². The molecule has 416 valence electrons. The fraction of sp³-hybridized carbons (Fsp3) is 0.544. The average Bonchev–Trinajstić information content (AvgIpc) is 3.41. The third kappa shape index (κ3) is 14.8. The van der Waals surface area contributed by atoms with Crippen LogP contribution in [-0.4, -0.2) is 145 Å². The topological polar surface area (TPSA) is 145 Å². The first kappa shape index (κ1) is 61.9. The van der Waals surface area contributed by atoms with Gasteiger partial charge in [-0.05, 0) is 83.6 Å². The molecule has 16 nitrogen and oxygen atoms in total. The van der Waals surface area contributed by atoms with Crippen molar-refractivity contribution < 1.29 is 100 Å². The molecule has 4 aromatic rings. The van der Waals surface area contributed by atoms with Crippen LogP contribution in [0.1, 0.15) is 90.4 Å². The fourth-order valence-corrected chi connectivity index (χ4v) is 10.9. The molecule has 0 fully saturated rings. The van der Waals surface area contributed by atoms with Gasteiger partial charge in [0.2, 0.25) is 11.5 Å². The summed E-state index contributed by atoms with van der Waals surface area (Å²) in [6.07, 6.45) is 7.13. The van der Waals surface area contributed by atoms with E-state index < -0.39 is 0 Å². The molecule has 0 radical (unpaired) electrons. The third-order valence-electron chi connectivity index (χ3n) is 15.0. The number of methoxy groups -OCH3 is 10. The molecule has 18 heteroatoms. The first-order chi connectivity index (χ1) is 35.2. The van der Waals surface area contributed by atoms with Gasteiger partial charge >= 0.3 is 11.9 Å². The molecule has 6 rings (SSSR count). The van der Waals surface area contributed by atoms with Crippen molar-refractivity contribution in [3.8, 4) is 57.5 Å². The second-order valence-electron chi connectivity index (χ2n) is 19.4. The Balaban J connectivity index is 0.00000608. The van der Waals surface area contributed by atoms with E-state index in [1.54, 1.807) is 71.1 Å². The number of hydrogen-bond donors (Lipinski definition) is 0. The van der Waals surface area contributed by atoms with Crippen molar-refractivity contribution >= 4 is 11.9 Å². The van der Waals surface area contributed by atoms with Gasteiger partial charge in [0.25, 0.3) is 0 Å². The molecule has 4 aromatic carbocycles. The number of unbranched alkanes of at least 4 members (excludes halogenated alkanes) is 2. The molecule has 75 heavy (non-hydrogen) atoms. The lowest BCUT2D eigenvalue weighted by atomic mass is 9.86. The second kappa shape index (κ2) is 29.0. The van der Waals surface area contributed by atoms with Crippen LogP contribution >= 0.6 is 0 Å². The van der Waals surface area contributed by atoms with E-state index >= 15 is 0 Å². The molecule has 0 saturated carbocycles. The van der Waals surface area contributed by atoms with Crippen LogP contribution in [-0.2, 0) is 44.7 Å². The number of fused-ring (bicyclic) bond motifs is 2. The maximum Gasteiger partial charge on any atom is 0.305 e. The van der Waals surface area contributed by atoms with Gasteiger partial charge < -0.3 is 90.6 Å².